The van der Waals surface area contributed by atoms with Gasteiger partial charge in [-0.25, -0.2) is 17.9 Å². The molecule has 2 amide bonds. The summed E-state index contributed by atoms with van der Waals surface area (Å²) in [6.07, 6.45) is 0. The maximum Gasteiger partial charge on any atom is 0.319 e. The molecule has 3 N–H and O–H groups in total. The third-order valence-electron chi connectivity index (χ3n) is 3.86. The number of amides is 2. The predicted molar refractivity (Wildman–Crippen MR) is 105 cm³/mol. The highest BCUT2D eigenvalue weighted by Gasteiger charge is 2.16. The van der Waals surface area contributed by atoms with Crippen LogP contribution in [0.5, 0.6) is 0 Å². The molecule has 0 bridgehead atoms. The number of urea groups is 1. The molecule has 0 aliphatic heterocycles. The van der Waals surface area contributed by atoms with Crippen molar-refractivity contribution in [2.24, 2.45) is 0 Å². The van der Waals surface area contributed by atoms with Gasteiger partial charge < -0.3 is 10.6 Å². The largest absolute Gasteiger partial charge is 0.337 e. The lowest BCUT2D eigenvalue weighted by atomic mass is 10.1. The van der Waals surface area contributed by atoms with Crippen molar-refractivity contribution in [2.45, 2.75) is 25.7 Å². The zero-order valence-electron chi connectivity index (χ0n) is 15.5. The van der Waals surface area contributed by atoms with E-state index in [0.717, 1.165) is 5.56 Å². The highest BCUT2D eigenvalue weighted by molar-refractivity contribution is 7.89. The van der Waals surface area contributed by atoms with E-state index in [1.54, 1.807) is 43.3 Å². The second-order valence-electron chi connectivity index (χ2n) is 6.18. The van der Waals surface area contributed by atoms with Crippen molar-refractivity contribution in [1.29, 1.82) is 0 Å². The minimum atomic E-state index is -3.64. The zero-order valence-corrected chi connectivity index (χ0v) is 16.3. The lowest BCUT2D eigenvalue weighted by molar-refractivity contribution is 0.101. The summed E-state index contributed by atoms with van der Waals surface area (Å²) < 4.78 is 27.2. The first-order valence-electron chi connectivity index (χ1n) is 8.42. The van der Waals surface area contributed by atoms with Crippen LogP contribution in [0.1, 0.15) is 28.4 Å². The van der Waals surface area contributed by atoms with Crippen molar-refractivity contribution in [3.8, 4) is 0 Å². The molecule has 0 unspecified atom stereocenters. The summed E-state index contributed by atoms with van der Waals surface area (Å²) in [4.78, 5) is 23.5. The first kappa shape index (κ1) is 20.6. The van der Waals surface area contributed by atoms with Gasteiger partial charge >= 0.3 is 6.03 Å². The Balaban J connectivity index is 1.85. The van der Waals surface area contributed by atoms with Crippen molar-refractivity contribution in [1.82, 2.24) is 10.0 Å². The smallest absolute Gasteiger partial charge is 0.319 e. The van der Waals surface area contributed by atoms with Crippen LogP contribution in [-0.4, -0.2) is 33.3 Å². The fraction of sp³-hybridized carbons (Fsp3) is 0.263. The fourth-order valence-electron chi connectivity index (χ4n) is 2.43. The number of sulfonamides is 1. The second kappa shape index (κ2) is 8.79. The van der Waals surface area contributed by atoms with Crippen LogP contribution in [0.4, 0.5) is 10.5 Å². The molecule has 0 aliphatic rings. The lowest BCUT2D eigenvalue weighted by Gasteiger charge is -2.11. The molecule has 0 saturated heterocycles. The standard InChI is InChI=1S/C19H23N3O4S/c1-13-7-8-14(2)18(11-13)27(25,26)21-10-9-20-19(24)22-17-6-4-5-16(12-17)15(3)23/h4-8,11-12,21H,9-10H2,1-3H3,(H2,20,22,24). The van der Waals surface area contributed by atoms with Gasteiger partial charge in [0.05, 0.1) is 4.90 Å². The first-order chi connectivity index (χ1) is 12.7. The number of carbonyl (C=O) groups is 2. The van der Waals surface area contributed by atoms with Gasteiger partial charge in [0.15, 0.2) is 5.78 Å². The average molecular weight is 389 g/mol. The number of carbonyl (C=O) groups excluding carboxylic acids is 2. The van der Waals surface area contributed by atoms with Gasteiger partial charge in [0.25, 0.3) is 0 Å². The molecular formula is C19H23N3O4S. The molecule has 144 valence electrons. The summed E-state index contributed by atoms with van der Waals surface area (Å²) in [5.41, 5.74) is 2.49. The average Bonchev–Trinajstić information content (AvgIpc) is 2.61. The van der Waals surface area contributed by atoms with Gasteiger partial charge in [-0.2, -0.15) is 0 Å². The summed E-state index contributed by atoms with van der Waals surface area (Å²) in [7, 11) is -3.64. The quantitative estimate of drug-likeness (QED) is 0.500. The van der Waals surface area contributed by atoms with Crippen LogP contribution in [0.25, 0.3) is 0 Å². The van der Waals surface area contributed by atoms with E-state index in [-0.39, 0.29) is 23.8 Å². The molecule has 0 aliphatic carbocycles. The normalized spacial score (nSPS) is 11.1. The third-order valence-corrected chi connectivity index (χ3v) is 5.47. The molecule has 0 saturated carbocycles. The molecule has 27 heavy (non-hydrogen) atoms. The Morgan fingerprint density at radius 3 is 2.44 bits per heavy atom. The molecule has 0 aromatic heterocycles. The molecule has 2 aromatic rings. The van der Waals surface area contributed by atoms with E-state index >= 15 is 0 Å². The van der Waals surface area contributed by atoms with Gasteiger partial charge in [0.2, 0.25) is 10.0 Å². The van der Waals surface area contributed by atoms with Crippen molar-refractivity contribution in [3.63, 3.8) is 0 Å². The highest BCUT2D eigenvalue weighted by Crippen LogP contribution is 2.16. The Labute approximate surface area is 159 Å². The topological polar surface area (TPSA) is 104 Å². The number of ketones is 1. The van der Waals surface area contributed by atoms with Gasteiger partial charge in [-0.3, -0.25) is 4.79 Å². The summed E-state index contributed by atoms with van der Waals surface area (Å²) in [5, 5.41) is 5.17. The number of nitrogens with one attached hydrogen (secondary N) is 3. The third kappa shape index (κ3) is 5.90. The van der Waals surface area contributed by atoms with E-state index in [1.165, 1.54) is 6.92 Å². The Bertz CT molecular complexity index is 955. The van der Waals surface area contributed by atoms with Gasteiger partial charge in [-0.05, 0) is 50.1 Å². The molecule has 0 atom stereocenters. The Hall–Kier alpha value is -2.71. The van der Waals surface area contributed by atoms with E-state index in [4.69, 9.17) is 0 Å². The summed E-state index contributed by atoms with van der Waals surface area (Å²) >= 11 is 0. The van der Waals surface area contributed by atoms with Gasteiger partial charge in [-0.1, -0.05) is 24.3 Å². The number of hydrogen-bond donors (Lipinski definition) is 3. The van der Waals surface area contributed by atoms with E-state index < -0.39 is 16.1 Å². The molecule has 0 heterocycles. The van der Waals surface area contributed by atoms with Crippen LogP contribution >= 0.6 is 0 Å². The molecule has 7 nitrogen and oxygen atoms in total. The van der Waals surface area contributed by atoms with E-state index in [9.17, 15) is 18.0 Å². The monoisotopic (exact) mass is 389 g/mol. The molecule has 2 rings (SSSR count). The predicted octanol–water partition coefficient (Wildman–Crippen LogP) is 2.61. The number of aryl methyl sites for hydroxylation is 2. The minimum absolute atomic E-state index is 0.0522. The Morgan fingerprint density at radius 1 is 1.00 bits per heavy atom. The second-order valence-corrected chi connectivity index (χ2v) is 7.92. The SMILES string of the molecule is CC(=O)c1cccc(NC(=O)NCCNS(=O)(=O)c2cc(C)ccc2C)c1. The van der Waals surface area contributed by atoms with Crippen molar-refractivity contribution in [2.75, 3.05) is 18.4 Å². The fourth-order valence-corrected chi connectivity index (χ4v) is 3.79. The number of rotatable bonds is 7. The highest BCUT2D eigenvalue weighted by atomic mass is 32.2. The lowest BCUT2D eigenvalue weighted by Crippen LogP contribution is -2.37. The first-order valence-corrected chi connectivity index (χ1v) is 9.90. The number of Topliss-reactive ketones (excluding diaryl/α,β-unsaturated/α-hetero) is 1. The van der Waals surface area contributed by atoms with E-state index in [0.29, 0.717) is 16.8 Å². The Morgan fingerprint density at radius 2 is 1.74 bits per heavy atom. The van der Waals surface area contributed by atoms with Crippen LogP contribution in [0.3, 0.4) is 0 Å². The van der Waals surface area contributed by atoms with Gasteiger partial charge in [-0.15, -0.1) is 0 Å². The van der Waals surface area contributed by atoms with Crippen LogP contribution in [0, 0.1) is 13.8 Å². The summed E-state index contributed by atoms with van der Waals surface area (Å²) in [6, 6.07) is 11.3. The number of hydrogen-bond acceptors (Lipinski definition) is 4. The summed E-state index contributed by atoms with van der Waals surface area (Å²) in [5.74, 6) is -0.0973. The van der Waals surface area contributed by atoms with Crippen LogP contribution < -0.4 is 15.4 Å². The number of anilines is 1. The van der Waals surface area contributed by atoms with E-state index in [2.05, 4.69) is 15.4 Å². The molecule has 0 radical (unpaired) electrons. The Kier molecular flexibility index (Phi) is 6.70. The molecule has 8 heteroatoms. The molecule has 2 aromatic carbocycles. The zero-order chi connectivity index (χ0) is 20.0. The maximum atomic E-state index is 12.4. The van der Waals surface area contributed by atoms with Crippen LogP contribution in [-0.2, 0) is 10.0 Å². The van der Waals surface area contributed by atoms with E-state index in [1.807, 2.05) is 13.0 Å². The number of benzene rings is 2. The van der Waals surface area contributed by atoms with Crippen molar-refractivity contribution < 1.29 is 18.0 Å². The maximum absolute atomic E-state index is 12.4. The molecule has 0 spiro atoms. The van der Waals surface area contributed by atoms with Gasteiger partial charge in [0.1, 0.15) is 0 Å². The van der Waals surface area contributed by atoms with Gasteiger partial charge in [0, 0.05) is 24.3 Å². The minimum Gasteiger partial charge on any atom is -0.337 e. The molecule has 0 fully saturated rings. The van der Waals surface area contributed by atoms with Crippen LogP contribution in [0.15, 0.2) is 47.4 Å². The molecular weight excluding hydrogens is 366 g/mol. The van der Waals surface area contributed by atoms with Crippen molar-refractivity contribution in [3.05, 3.63) is 59.2 Å². The van der Waals surface area contributed by atoms with Crippen LogP contribution in [0.2, 0.25) is 0 Å². The summed E-state index contributed by atoms with van der Waals surface area (Å²) in [6.45, 7) is 5.17. The van der Waals surface area contributed by atoms with Crippen molar-refractivity contribution >= 4 is 27.5 Å².